The van der Waals surface area contributed by atoms with Gasteiger partial charge in [-0.05, 0) is 31.1 Å². The standard InChI is InChI=1S/C10H22.C8H15N.C3H8.2C2H6/c1-4-7-9-10(6-3)8-5-2;1-7-3-5-8(9-2)6-4-7;1-3-2;2*1-2/h10H,4-9H2,1-3H3;5,7,9H,3-4,6H2,1-2H3;3H2,1-2H3;2*1-2H3. The molecule has 0 aromatic carbocycles. The van der Waals surface area contributed by atoms with Crippen molar-refractivity contribution in [2.24, 2.45) is 11.8 Å². The smallest absolute Gasteiger partial charge is 0.00637 e. The highest BCUT2D eigenvalue weighted by Gasteiger charge is 2.07. The van der Waals surface area contributed by atoms with Gasteiger partial charge in [-0.15, -0.1) is 0 Å². The molecule has 1 aliphatic rings. The molecule has 0 fully saturated rings. The summed E-state index contributed by atoms with van der Waals surface area (Å²) in [5.41, 5.74) is 1.42. The van der Waals surface area contributed by atoms with E-state index in [2.05, 4.69) is 52.9 Å². The van der Waals surface area contributed by atoms with Crippen molar-refractivity contribution in [2.45, 2.75) is 133 Å². The lowest BCUT2D eigenvalue weighted by Crippen LogP contribution is -2.11. The molecule has 1 heteroatoms. The van der Waals surface area contributed by atoms with E-state index in [9.17, 15) is 0 Å². The molecule has 26 heavy (non-hydrogen) atoms. The van der Waals surface area contributed by atoms with Crippen LogP contribution in [-0.2, 0) is 0 Å². The van der Waals surface area contributed by atoms with Gasteiger partial charge in [0.15, 0.2) is 0 Å². The van der Waals surface area contributed by atoms with Gasteiger partial charge in [-0.1, -0.05) is 120 Å². The van der Waals surface area contributed by atoms with Gasteiger partial charge in [0.25, 0.3) is 0 Å². The number of allylic oxidation sites excluding steroid dienone is 2. The number of hydrogen-bond acceptors (Lipinski definition) is 1. The first-order chi connectivity index (χ1) is 12.6. The van der Waals surface area contributed by atoms with Crippen molar-refractivity contribution in [3.8, 4) is 0 Å². The Balaban J connectivity index is -0.000000139. The van der Waals surface area contributed by atoms with E-state index in [1.54, 1.807) is 0 Å². The van der Waals surface area contributed by atoms with Crippen LogP contribution in [0.2, 0.25) is 0 Å². The van der Waals surface area contributed by atoms with Crippen molar-refractivity contribution in [3.63, 3.8) is 0 Å². The SMILES string of the molecule is CC.CC.CCC.CCCCC(CC)CCC.CNC1=CCC(C)CC1. The molecule has 1 nitrogen and oxygen atoms in total. The van der Waals surface area contributed by atoms with Crippen LogP contribution >= 0.6 is 0 Å². The second-order valence-electron chi connectivity index (χ2n) is 6.77. The Morgan fingerprint density at radius 3 is 1.81 bits per heavy atom. The third kappa shape index (κ3) is 28.3. The first-order valence-corrected chi connectivity index (χ1v) is 12.0. The first-order valence-electron chi connectivity index (χ1n) is 12.0. The average molecular weight is 372 g/mol. The quantitative estimate of drug-likeness (QED) is 0.470. The number of nitrogens with one attached hydrogen (secondary N) is 1. The highest BCUT2D eigenvalue weighted by Crippen LogP contribution is 2.20. The monoisotopic (exact) mass is 371 g/mol. The Morgan fingerprint density at radius 2 is 1.50 bits per heavy atom. The first kappa shape index (κ1) is 33.1. The number of hydrogen-bond donors (Lipinski definition) is 1. The zero-order chi connectivity index (χ0) is 21.2. The number of unbranched alkanes of at least 4 members (excludes halogenated alkanes) is 1. The number of rotatable bonds is 7. The minimum Gasteiger partial charge on any atom is -0.392 e. The molecule has 0 spiro atoms. The Labute approximate surface area is 169 Å². The molecule has 1 aliphatic carbocycles. The van der Waals surface area contributed by atoms with E-state index in [0.29, 0.717) is 0 Å². The fourth-order valence-corrected chi connectivity index (χ4v) is 2.65. The molecule has 0 aromatic heterocycles. The van der Waals surface area contributed by atoms with E-state index < -0.39 is 0 Å². The summed E-state index contributed by atoms with van der Waals surface area (Å²) in [5.74, 6) is 1.92. The molecule has 0 heterocycles. The molecule has 1 N–H and O–H groups in total. The van der Waals surface area contributed by atoms with Crippen LogP contribution in [-0.4, -0.2) is 7.05 Å². The highest BCUT2D eigenvalue weighted by atomic mass is 14.8. The van der Waals surface area contributed by atoms with Crippen molar-refractivity contribution in [3.05, 3.63) is 11.8 Å². The average Bonchev–Trinajstić information content (AvgIpc) is 2.70. The summed E-state index contributed by atoms with van der Waals surface area (Å²) in [4.78, 5) is 0. The van der Waals surface area contributed by atoms with E-state index in [4.69, 9.17) is 0 Å². The van der Waals surface area contributed by atoms with E-state index in [-0.39, 0.29) is 0 Å². The molecule has 1 rings (SSSR count). The predicted molar refractivity (Wildman–Crippen MR) is 127 cm³/mol. The molecular formula is C25H57N. The second-order valence-corrected chi connectivity index (χ2v) is 6.77. The van der Waals surface area contributed by atoms with E-state index in [1.807, 2.05) is 34.7 Å². The Hall–Kier alpha value is -0.460. The van der Waals surface area contributed by atoms with Crippen LogP contribution in [0, 0.1) is 11.8 Å². The Bertz CT molecular complexity index is 232. The minimum atomic E-state index is 0.905. The van der Waals surface area contributed by atoms with Crippen molar-refractivity contribution in [1.82, 2.24) is 5.32 Å². The molecule has 0 bridgehead atoms. The molecule has 2 unspecified atom stereocenters. The van der Waals surface area contributed by atoms with Crippen LogP contribution in [0.25, 0.3) is 0 Å². The predicted octanol–water partition coefficient (Wildman–Crippen LogP) is 9.38. The van der Waals surface area contributed by atoms with Gasteiger partial charge < -0.3 is 5.32 Å². The van der Waals surface area contributed by atoms with Gasteiger partial charge in [0, 0.05) is 12.7 Å². The summed E-state index contributed by atoms with van der Waals surface area (Å²) in [6.45, 7) is 21.4. The lowest BCUT2D eigenvalue weighted by atomic mass is 9.94. The Morgan fingerprint density at radius 1 is 0.962 bits per heavy atom. The van der Waals surface area contributed by atoms with Gasteiger partial charge in [0.2, 0.25) is 0 Å². The summed E-state index contributed by atoms with van der Waals surface area (Å²) in [5, 5.41) is 3.19. The fourth-order valence-electron chi connectivity index (χ4n) is 2.65. The lowest BCUT2D eigenvalue weighted by molar-refractivity contribution is 0.417. The van der Waals surface area contributed by atoms with Gasteiger partial charge >= 0.3 is 0 Å². The van der Waals surface area contributed by atoms with Crippen LogP contribution in [0.15, 0.2) is 11.8 Å². The van der Waals surface area contributed by atoms with Gasteiger partial charge in [0.1, 0.15) is 0 Å². The molecular weight excluding hydrogens is 314 g/mol. The third-order valence-electron chi connectivity index (χ3n) is 4.23. The van der Waals surface area contributed by atoms with Crippen LogP contribution < -0.4 is 5.32 Å². The van der Waals surface area contributed by atoms with Crippen LogP contribution in [0.4, 0.5) is 0 Å². The lowest BCUT2D eigenvalue weighted by Gasteiger charge is -2.17. The van der Waals surface area contributed by atoms with E-state index in [0.717, 1.165) is 11.8 Å². The molecule has 0 radical (unpaired) electrons. The second kappa shape index (κ2) is 32.2. The van der Waals surface area contributed by atoms with Crippen molar-refractivity contribution in [1.29, 1.82) is 0 Å². The summed E-state index contributed by atoms with van der Waals surface area (Å²) in [7, 11) is 2.00. The molecule has 0 saturated heterocycles. The molecule has 2 atom stereocenters. The summed E-state index contributed by atoms with van der Waals surface area (Å²) >= 11 is 0. The van der Waals surface area contributed by atoms with Crippen molar-refractivity contribution < 1.29 is 0 Å². The zero-order valence-corrected chi connectivity index (χ0v) is 20.8. The zero-order valence-electron chi connectivity index (χ0n) is 20.8. The molecule has 0 saturated carbocycles. The maximum atomic E-state index is 3.19. The molecule has 0 amide bonds. The van der Waals surface area contributed by atoms with Crippen molar-refractivity contribution in [2.75, 3.05) is 7.05 Å². The van der Waals surface area contributed by atoms with Crippen LogP contribution in [0.1, 0.15) is 133 Å². The fraction of sp³-hybridized carbons (Fsp3) is 0.920. The van der Waals surface area contributed by atoms with Crippen LogP contribution in [0.3, 0.4) is 0 Å². The van der Waals surface area contributed by atoms with Gasteiger partial charge in [-0.3, -0.25) is 0 Å². The van der Waals surface area contributed by atoms with Gasteiger partial charge in [-0.25, -0.2) is 0 Å². The van der Waals surface area contributed by atoms with Gasteiger partial charge in [-0.2, -0.15) is 0 Å². The van der Waals surface area contributed by atoms with Crippen LogP contribution in [0.5, 0.6) is 0 Å². The summed E-state index contributed by atoms with van der Waals surface area (Å²) in [6, 6.07) is 0. The van der Waals surface area contributed by atoms with Gasteiger partial charge in [0.05, 0.1) is 0 Å². The molecule has 162 valence electrons. The molecule has 0 aliphatic heterocycles. The molecule has 0 aromatic rings. The third-order valence-corrected chi connectivity index (χ3v) is 4.23. The maximum Gasteiger partial charge on any atom is 0.00637 e. The van der Waals surface area contributed by atoms with E-state index >= 15 is 0 Å². The summed E-state index contributed by atoms with van der Waals surface area (Å²) < 4.78 is 0. The largest absolute Gasteiger partial charge is 0.392 e. The highest BCUT2D eigenvalue weighted by molar-refractivity contribution is 5.02. The Kier molecular flexibility index (Phi) is 41.1. The minimum absolute atomic E-state index is 0.905. The topological polar surface area (TPSA) is 12.0 Å². The van der Waals surface area contributed by atoms with E-state index in [1.165, 1.54) is 69.9 Å². The maximum absolute atomic E-state index is 3.19. The summed E-state index contributed by atoms with van der Waals surface area (Å²) in [6.07, 6.45) is 15.9. The normalized spacial score (nSPS) is 15.8. The van der Waals surface area contributed by atoms with Crippen molar-refractivity contribution >= 4 is 0 Å².